The zero-order valence-corrected chi connectivity index (χ0v) is 15.5. The van der Waals surface area contributed by atoms with Gasteiger partial charge in [0.15, 0.2) is 0 Å². The fourth-order valence-electron chi connectivity index (χ4n) is 3.55. The molecular formula is C22H30N2O. The highest BCUT2D eigenvalue weighted by Crippen LogP contribution is 2.16. The van der Waals surface area contributed by atoms with Gasteiger partial charge in [0.1, 0.15) is 5.75 Å². The number of benzene rings is 2. The summed E-state index contributed by atoms with van der Waals surface area (Å²) in [5.41, 5.74) is 2.82. The number of hydrogen-bond donors (Lipinski definition) is 0. The third-order valence-electron chi connectivity index (χ3n) is 5.29. The average molecular weight is 338 g/mol. The van der Waals surface area contributed by atoms with E-state index in [1.165, 1.54) is 43.7 Å². The number of rotatable bonds is 7. The lowest BCUT2D eigenvalue weighted by atomic mass is 10.0. The van der Waals surface area contributed by atoms with Crippen LogP contribution in [0, 0.1) is 0 Å². The zero-order chi connectivity index (χ0) is 17.5. The summed E-state index contributed by atoms with van der Waals surface area (Å²) >= 11 is 0. The number of ether oxygens (including phenoxy) is 1. The summed E-state index contributed by atoms with van der Waals surface area (Å²) in [5.74, 6) is 0.936. The van der Waals surface area contributed by atoms with Gasteiger partial charge in [-0.3, -0.25) is 9.80 Å². The Morgan fingerprint density at radius 3 is 2.20 bits per heavy atom. The van der Waals surface area contributed by atoms with Crippen LogP contribution in [0.1, 0.15) is 24.5 Å². The Morgan fingerprint density at radius 2 is 1.56 bits per heavy atom. The van der Waals surface area contributed by atoms with Gasteiger partial charge in [0.2, 0.25) is 0 Å². The highest BCUT2D eigenvalue weighted by Gasteiger charge is 2.20. The van der Waals surface area contributed by atoms with Crippen molar-refractivity contribution >= 4 is 0 Å². The molecule has 0 bridgehead atoms. The minimum Gasteiger partial charge on any atom is -0.497 e. The lowest BCUT2D eigenvalue weighted by molar-refractivity contribution is 0.0947. The van der Waals surface area contributed by atoms with E-state index in [1.807, 2.05) is 0 Å². The summed E-state index contributed by atoms with van der Waals surface area (Å²) in [6.07, 6.45) is 2.35. The maximum Gasteiger partial charge on any atom is 0.118 e. The quantitative estimate of drug-likeness (QED) is 0.763. The molecule has 1 fully saturated rings. The predicted octanol–water partition coefficient (Wildman–Crippen LogP) is 3.83. The molecule has 0 N–H and O–H groups in total. The van der Waals surface area contributed by atoms with E-state index in [2.05, 4.69) is 71.3 Å². The predicted molar refractivity (Wildman–Crippen MR) is 104 cm³/mol. The van der Waals surface area contributed by atoms with Gasteiger partial charge in [0, 0.05) is 38.8 Å². The molecule has 3 nitrogen and oxygen atoms in total. The van der Waals surface area contributed by atoms with Crippen LogP contribution in [0.15, 0.2) is 54.6 Å². The van der Waals surface area contributed by atoms with Crippen molar-refractivity contribution in [2.45, 2.75) is 32.4 Å². The first-order chi connectivity index (χ1) is 12.2. The van der Waals surface area contributed by atoms with E-state index < -0.39 is 0 Å². The number of aryl methyl sites for hydroxylation is 1. The average Bonchev–Trinajstić information content (AvgIpc) is 2.68. The minimum atomic E-state index is 0.640. The summed E-state index contributed by atoms with van der Waals surface area (Å²) in [6.45, 7) is 8.14. The van der Waals surface area contributed by atoms with Crippen LogP contribution >= 0.6 is 0 Å². The summed E-state index contributed by atoms with van der Waals surface area (Å²) in [4.78, 5) is 5.22. The van der Waals surface area contributed by atoms with Crippen LogP contribution in [0.5, 0.6) is 5.75 Å². The van der Waals surface area contributed by atoms with Gasteiger partial charge in [-0.25, -0.2) is 0 Å². The van der Waals surface area contributed by atoms with Crippen LogP contribution < -0.4 is 4.74 Å². The first-order valence-corrected chi connectivity index (χ1v) is 9.38. The Kier molecular flexibility index (Phi) is 6.48. The van der Waals surface area contributed by atoms with Gasteiger partial charge in [0.05, 0.1) is 7.11 Å². The van der Waals surface area contributed by atoms with Crippen molar-refractivity contribution in [2.24, 2.45) is 0 Å². The molecule has 3 heteroatoms. The standard InChI is InChI=1S/C22H30N2O/c1-19(8-9-20-10-12-22(25-2)13-11-20)24-16-14-23(15-17-24)18-21-6-4-3-5-7-21/h3-7,10-13,19H,8-9,14-18H2,1-2H3. The van der Waals surface area contributed by atoms with Crippen molar-refractivity contribution in [3.05, 3.63) is 65.7 Å². The molecule has 1 aliphatic rings. The summed E-state index contributed by atoms with van der Waals surface area (Å²) < 4.78 is 5.23. The number of piperazine rings is 1. The van der Waals surface area contributed by atoms with Crippen LogP contribution in [0.4, 0.5) is 0 Å². The molecule has 1 atom stereocenters. The van der Waals surface area contributed by atoms with Crippen LogP contribution in [0.2, 0.25) is 0 Å². The Balaban J connectivity index is 1.41. The number of nitrogens with zero attached hydrogens (tertiary/aromatic N) is 2. The van der Waals surface area contributed by atoms with Crippen molar-refractivity contribution in [3.63, 3.8) is 0 Å². The van der Waals surface area contributed by atoms with Crippen molar-refractivity contribution < 1.29 is 4.74 Å². The second-order valence-electron chi connectivity index (χ2n) is 7.03. The second kappa shape index (κ2) is 9.02. The zero-order valence-electron chi connectivity index (χ0n) is 15.5. The van der Waals surface area contributed by atoms with E-state index in [-0.39, 0.29) is 0 Å². The van der Waals surface area contributed by atoms with E-state index in [4.69, 9.17) is 4.74 Å². The number of hydrogen-bond acceptors (Lipinski definition) is 3. The Hall–Kier alpha value is -1.84. The van der Waals surface area contributed by atoms with Gasteiger partial charge < -0.3 is 4.74 Å². The smallest absolute Gasteiger partial charge is 0.118 e. The van der Waals surface area contributed by atoms with E-state index in [1.54, 1.807) is 7.11 Å². The van der Waals surface area contributed by atoms with Crippen LogP contribution in [-0.2, 0) is 13.0 Å². The molecule has 134 valence electrons. The van der Waals surface area contributed by atoms with Gasteiger partial charge in [-0.1, -0.05) is 42.5 Å². The SMILES string of the molecule is COc1ccc(CCC(C)N2CCN(Cc3ccccc3)CC2)cc1. The van der Waals surface area contributed by atoms with Crippen molar-refractivity contribution in [2.75, 3.05) is 33.3 Å². The molecule has 0 aromatic heterocycles. The van der Waals surface area contributed by atoms with Crippen molar-refractivity contribution in [1.29, 1.82) is 0 Å². The maximum atomic E-state index is 5.23. The lowest BCUT2D eigenvalue weighted by Gasteiger charge is -2.38. The third-order valence-corrected chi connectivity index (χ3v) is 5.29. The molecule has 0 spiro atoms. The lowest BCUT2D eigenvalue weighted by Crippen LogP contribution is -2.49. The van der Waals surface area contributed by atoms with Gasteiger partial charge in [0.25, 0.3) is 0 Å². The topological polar surface area (TPSA) is 15.7 Å². The largest absolute Gasteiger partial charge is 0.497 e. The Labute approximate surface area is 152 Å². The Bertz CT molecular complexity index is 618. The molecule has 0 saturated carbocycles. The van der Waals surface area contributed by atoms with Gasteiger partial charge >= 0.3 is 0 Å². The van der Waals surface area contributed by atoms with Gasteiger partial charge in [-0.2, -0.15) is 0 Å². The Morgan fingerprint density at radius 1 is 0.880 bits per heavy atom. The summed E-state index contributed by atoms with van der Waals surface area (Å²) in [7, 11) is 1.72. The highest BCUT2D eigenvalue weighted by molar-refractivity contribution is 5.27. The normalized spacial score (nSPS) is 17.4. The number of methoxy groups -OCH3 is 1. The van der Waals surface area contributed by atoms with E-state index in [0.29, 0.717) is 6.04 Å². The summed E-state index contributed by atoms with van der Waals surface area (Å²) in [6, 6.07) is 19.9. The fraction of sp³-hybridized carbons (Fsp3) is 0.455. The van der Waals surface area contributed by atoms with Crippen molar-refractivity contribution in [3.8, 4) is 5.75 Å². The maximum absolute atomic E-state index is 5.23. The molecule has 1 unspecified atom stereocenters. The molecule has 25 heavy (non-hydrogen) atoms. The molecule has 0 aliphatic carbocycles. The fourth-order valence-corrected chi connectivity index (χ4v) is 3.55. The monoisotopic (exact) mass is 338 g/mol. The van der Waals surface area contributed by atoms with E-state index in [0.717, 1.165) is 18.7 Å². The van der Waals surface area contributed by atoms with Crippen LogP contribution in [0.25, 0.3) is 0 Å². The molecule has 2 aromatic carbocycles. The first kappa shape index (κ1) is 18.0. The molecule has 3 rings (SSSR count). The molecule has 0 radical (unpaired) electrons. The molecule has 1 saturated heterocycles. The van der Waals surface area contributed by atoms with Crippen LogP contribution in [-0.4, -0.2) is 49.1 Å². The van der Waals surface area contributed by atoms with Gasteiger partial charge in [-0.15, -0.1) is 0 Å². The minimum absolute atomic E-state index is 0.640. The van der Waals surface area contributed by atoms with E-state index in [9.17, 15) is 0 Å². The molecule has 1 aliphatic heterocycles. The first-order valence-electron chi connectivity index (χ1n) is 9.38. The van der Waals surface area contributed by atoms with Gasteiger partial charge in [-0.05, 0) is 43.0 Å². The van der Waals surface area contributed by atoms with Crippen LogP contribution in [0.3, 0.4) is 0 Å². The van der Waals surface area contributed by atoms with E-state index >= 15 is 0 Å². The molecule has 1 heterocycles. The molecular weight excluding hydrogens is 308 g/mol. The van der Waals surface area contributed by atoms with Crippen molar-refractivity contribution in [1.82, 2.24) is 9.80 Å². The molecule has 2 aromatic rings. The summed E-state index contributed by atoms with van der Waals surface area (Å²) in [5, 5.41) is 0. The third kappa shape index (κ3) is 5.32. The second-order valence-corrected chi connectivity index (χ2v) is 7.03. The molecule has 0 amide bonds. The highest BCUT2D eigenvalue weighted by atomic mass is 16.5.